The summed E-state index contributed by atoms with van der Waals surface area (Å²) in [5.74, 6) is -0.950. The first-order valence-electron chi connectivity index (χ1n) is 28.9. The number of hydrogen-bond donors (Lipinski definition) is 0. The summed E-state index contributed by atoms with van der Waals surface area (Å²) in [6.45, 7) is 6.49. The van der Waals surface area contributed by atoms with E-state index in [0.717, 1.165) is 77.0 Å². The van der Waals surface area contributed by atoms with E-state index >= 15 is 0 Å². The summed E-state index contributed by atoms with van der Waals surface area (Å²) >= 11 is 0. The first kappa shape index (κ1) is 64.8. The van der Waals surface area contributed by atoms with Crippen LogP contribution >= 0.6 is 0 Å². The number of hydrogen-bond acceptors (Lipinski definition) is 6. The lowest BCUT2D eigenvalue weighted by Gasteiger charge is -2.18. The van der Waals surface area contributed by atoms with Gasteiger partial charge in [0.05, 0.1) is 0 Å². The molecule has 0 bridgehead atoms. The number of allylic oxidation sites excluding steroid dienone is 12. The van der Waals surface area contributed by atoms with Crippen LogP contribution in [-0.2, 0) is 28.6 Å². The van der Waals surface area contributed by atoms with Gasteiger partial charge < -0.3 is 14.2 Å². The number of ether oxygens (including phenoxy) is 3. The van der Waals surface area contributed by atoms with Crippen LogP contribution in [0.3, 0.4) is 0 Å². The van der Waals surface area contributed by atoms with E-state index in [-0.39, 0.29) is 37.5 Å². The van der Waals surface area contributed by atoms with E-state index in [2.05, 4.69) is 93.7 Å². The summed E-state index contributed by atoms with van der Waals surface area (Å²) in [5, 5.41) is 0. The van der Waals surface area contributed by atoms with Gasteiger partial charge in [0.2, 0.25) is 0 Å². The van der Waals surface area contributed by atoms with Crippen molar-refractivity contribution in [1.82, 2.24) is 0 Å². The van der Waals surface area contributed by atoms with E-state index in [4.69, 9.17) is 14.2 Å². The third-order valence-electron chi connectivity index (χ3n) is 12.4. The van der Waals surface area contributed by atoms with Crippen LogP contribution < -0.4 is 0 Å². The number of unbranched alkanes of at least 4 members (excludes halogenated alkanes) is 29. The number of esters is 3. The Balaban J connectivity index is 4.44. The van der Waals surface area contributed by atoms with Crippen LogP contribution in [0.2, 0.25) is 0 Å². The highest BCUT2D eigenvalue weighted by Gasteiger charge is 2.19. The molecule has 0 saturated heterocycles. The highest BCUT2D eigenvalue weighted by molar-refractivity contribution is 5.71. The van der Waals surface area contributed by atoms with E-state index in [0.29, 0.717) is 19.3 Å². The van der Waals surface area contributed by atoms with Crippen molar-refractivity contribution in [2.45, 2.75) is 290 Å². The molecule has 0 spiro atoms. The van der Waals surface area contributed by atoms with Gasteiger partial charge in [-0.3, -0.25) is 14.4 Å². The molecule has 68 heavy (non-hydrogen) atoms. The van der Waals surface area contributed by atoms with Gasteiger partial charge in [-0.25, -0.2) is 0 Å². The summed E-state index contributed by atoms with van der Waals surface area (Å²) in [7, 11) is 0. The Kier molecular flexibility index (Phi) is 53.8. The normalized spacial score (nSPS) is 12.6. The van der Waals surface area contributed by atoms with Gasteiger partial charge in [-0.2, -0.15) is 0 Å². The van der Waals surface area contributed by atoms with Crippen molar-refractivity contribution in [3.05, 3.63) is 72.9 Å². The molecule has 0 aliphatic rings. The van der Waals surface area contributed by atoms with Crippen LogP contribution in [0.25, 0.3) is 0 Å². The van der Waals surface area contributed by atoms with Crippen LogP contribution in [0.4, 0.5) is 0 Å². The van der Waals surface area contributed by atoms with Crippen LogP contribution in [0, 0.1) is 0 Å². The van der Waals surface area contributed by atoms with Crippen LogP contribution in [0.5, 0.6) is 0 Å². The Hall–Kier alpha value is -3.15. The van der Waals surface area contributed by atoms with Crippen LogP contribution in [0.15, 0.2) is 72.9 Å². The average Bonchev–Trinajstić information content (AvgIpc) is 3.34. The largest absolute Gasteiger partial charge is 0.462 e. The van der Waals surface area contributed by atoms with Crippen molar-refractivity contribution in [2.24, 2.45) is 0 Å². The summed E-state index contributed by atoms with van der Waals surface area (Å²) in [5.41, 5.74) is 0. The molecular formula is C62H108O6. The predicted octanol–water partition coefficient (Wildman–Crippen LogP) is 19.4. The van der Waals surface area contributed by atoms with Crippen LogP contribution in [-0.4, -0.2) is 37.2 Å². The molecule has 0 heterocycles. The smallest absolute Gasteiger partial charge is 0.306 e. The van der Waals surface area contributed by atoms with Gasteiger partial charge >= 0.3 is 17.9 Å². The highest BCUT2D eigenvalue weighted by atomic mass is 16.6. The van der Waals surface area contributed by atoms with Gasteiger partial charge in [-0.05, 0) is 83.5 Å². The Morgan fingerprint density at radius 3 is 0.971 bits per heavy atom. The second kappa shape index (κ2) is 56.4. The van der Waals surface area contributed by atoms with E-state index in [9.17, 15) is 14.4 Å². The zero-order chi connectivity index (χ0) is 49.3. The number of rotatable bonds is 52. The topological polar surface area (TPSA) is 78.9 Å². The van der Waals surface area contributed by atoms with Gasteiger partial charge in [0, 0.05) is 19.3 Å². The molecular weight excluding hydrogens is 841 g/mol. The second-order valence-corrected chi connectivity index (χ2v) is 19.2. The SMILES string of the molecule is CC/C=C\C/C=C\C/C=C\C/C=C\C/C=C\CCCC(=O)OC(COC(=O)CCCCCCCCC/C=C\CCCCCC)COC(=O)CCCCCCCCCCCCCCCCCCCC. The zero-order valence-corrected chi connectivity index (χ0v) is 44.9. The molecule has 0 saturated carbocycles. The molecule has 0 radical (unpaired) electrons. The highest BCUT2D eigenvalue weighted by Crippen LogP contribution is 2.16. The Morgan fingerprint density at radius 2 is 0.588 bits per heavy atom. The van der Waals surface area contributed by atoms with E-state index in [1.165, 1.54) is 161 Å². The fourth-order valence-electron chi connectivity index (χ4n) is 8.12. The Labute approximate surface area is 421 Å². The van der Waals surface area contributed by atoms with Gasteiger partial charge in [-0.1, -0.05) is 254 Å². The van der Waals surface area contributed by atoms with Crippen molar-refractivity contribution in [2.75, 3.05) is 13.2 Å². The summed E-state index contributed by atoms with van der Waals surface area (Å²) < 4.78 is 16.8. The lowest BCUT2D eigenvalue weighted by Crippen LogP contribution is -2.30. The lowest BCUT2D eigenvalue weighted by molar-refractivity contribution is -0.167. The maximum Gasteiger partial charge on any atom is 0.306 e. The molecule has 0 aromatic heterocycles. The minimum atomic E-state index is -0.805. The predicted molar refractivity (Wildman–Crippen MR) is 293 cm³/mol. The van der Waals surface area contributed by atoms with Gasteiger partial charge in [0.25, 0.3) is 0 Å². The molecule has 392 valence electrons. The van der Waals surface area contributed by atoms with Crippen molar-refractivity contribution in [3.63, 3.8) is 0 Å². The molecule has 0 aromatic rings. The van der Waals surface area contributed by atoms with Gasteiger partial charge in [0.15, 0.2) is 6.10 Å². The lowest BCUT2D eigenvalue weighted by atomic mass is 10.0. The zero-order valence-electron chi connectivity index (χ0n) is 44.9. The van der Waals surface area contributed by atoms with Gasteiger partial charge in [-0.15, -0.1) is 0 Å². The summed E-state index contributed by atoms with van der Waals surface area (Å²) in [6, 6.07) is 0. The molecule has 6 nitrogen and oxygen atoms in total. The standard InChI is InChI=1S/C62H108O6/c1-4-7-10-13-16-19-22-25-28-30-32-34-37-40-43-46-49-52-55-61(64)67-58-59(57-66-60(63)54-51-48-45-42-39-36-33-27-24-21-18-15-12-9-6-3)68-62(65)56-53-50-47-44-41-38-35-31-29-26-23-20-17-14-11-8-5-2/h8,11,17,20-21,24,26,29,35,38,44,47,59H,4-7,9-10,12-16,18-19,22-23,25,27-28,30-34,36-37,39-43,45-46,48-58H2,1-3H3/b11-8-,20-17-,24-21-,29-26-,38-35-,47-44-. The quantitative estimate of drug-likeness (QED) is 0.0262. The fraction of sp³-hybridized carbons (Fsp3) is 0.758. The fourth-order valence-corrected chi connectivity index (χ4v) is 8.12. The molecule has 0 rings (SSSR count). The monoisotopic (exact) mass is 949 g/mol. The minimum Gasteiger partial charge on any atom is -0.462 e. The first-order valence-corrected chi connectivity index (χ1v) is 28.9. The van der Waals surface area contributed by atoms with E-state index in [1.807, 2.05) is 0 Å². The van der Waals surface area contributed by atoms with E-state index < -0.39 is 6.10 Å². The van der Waals surface area contributed by atoms with Crippen molar-refractivity contribution in [1.29, 1.82) is 0 Å². The third kappa shape index (κ3) is 53.8. The first-order chi connectivity index (χ1) is 33.5. The van der Waals surface area contributed by atoms with Crippen LogP contribution in [0.1, 0.15) is 284 Å². The Bertz CT molecular complexity index is 1270. The Morgan fingerprint density at radius 1 is 0.309 bits per heavy atom. The molecule has 0 amide bonds. The molecule has 1 unspecified atom stereocenters. The molecule has 0 fully saturated rings. The van der Waals surface area contributed by atoms with Crippen molar-refractivity contribution in [3.8, 4) is 0 Å². The molecule has 0 aliphatic heterocycles. The van der Waals surface area contributed by atoms with E-state index in [1.54, 1.807) is 0 Å². The number of carbonyl (C=O) groups excluding carboxylic acids is 3. The third-order valence-corrected chi connectivity index (χ3v) is 12.4. The second-order valence-electron chi connectivity index (χ2n) is 19.2. The number of carbonyl (C=O) groups is 3. The minimum absolute atomic E-state index is 0.0968. The molecule has 0 aliphatic carbocycles. The molecule has 0 aromatic carbocycles. The average molecular weight is 950 g/mol. The molecule has 0 N–H and O–H groups in total. The molecule has 1 atom stereocenters. The van der Waals surface area contributed by atoms with Crippen molar-refractivity contribution >= 4 is 17.9 Å². The van der Waals surface area contributed by atoms with Crippen molar-refractivity contribution < 1.29 is 28.6 Å². The maximum absolute atomic E-state index is 12.8. The summed E-state index contributed by atoms with van der Waals surface area (Å²) in [4.78, 5) is 38.1. The van der Waals surface area contributed by atoms with Gasteiger partial charge in [0.1, 0.15) is 13.2 Å². The maximum atomic E-state index is 12.8. The summed E-state index contributed by atoms with van der Waals surface area (Å²) in [6.07, 6.45) is 71.8. The molecule has 6 heteroatoms.